The first-order valence-electron chi connectivity index (χ1n) is 6.37. The van der Waals surface area contributed by atoms with Crippen molar-refractivity contribution in [2.45, 2.75) is 54.1 Å². The third-order valence-electron chi connectivity index (χ3n) is 3.08. The first-order chi connectivity index (χ1) is 9.33. The van der Waals surface area contributed by atoms with Gasteiger partial charge in [0.05, 0.1) is 10.0 Å². The molecule has 1 aliphatic carbocycles. The third kappa shape index (κ3) is 4.12. The zero-order valence-corrected chi connectivity index (χ0v) is 16.0. The van der Waals surface area contributed by atoms with E-state index in [-0.39, 0.29) is 26.9 Å². The fourth-order valence-corrected chi connectivity index (χ4v) is 7.03. The highest BCUT2D eigenvalue weighted by molar-refractivity contribution is 14.1. The second-order valence-corrected chi connectivity index (χ2v) is 9.24. The number of hydrogen-bond acceptors (Lipinski definition) is 4. The number of nitriles is 2. The molecule has 7 atom stereocenters. The van der Waals surface area contributed by atoms with Gasteiger partial charge in [-0.3, -0.25) is 0 Å². The Morgan fingerprint density at radius 1 is 1.40 bits per heavy atom. The summed E-state index contributed by atoms with van der Waals surface area (Å²) in [6.07, 6.45) is -1.01. The van der Waals surface area contributed by atoms with Gasteiger partial charge in [0.15, 0.2) is 6.29 Å². The zero-order valence-electron chi connectivity index (χ0n) is 11.7. The molecule has 1 saturated carbocycles. The molecule has 0 aromatic heterocycles. The Morgan fingerprint density at radius 3 is 2.35 bits per heavy atom. The number of ether oxygens (including phenoxy) is 1. The fourth-order valence-electron chi connectivity index (χ4n) is 2.36. The lowest BCUT2D eigenvalue weighted by Gasteiger charge is -2.26. The van der Waals surface area contributed by atoms with Crippen LogP contribution in [0.5, 0.6) is 0 Å². The lowest BCUT2D eigenvalue weighted by Crippen LogP contribution is -2.32. The predicted molar refractivity (Wildman–Crippen MR) is 93.4 cm³/mol. The Hall–Kier alpha value is 0.230. The number of alkyl halides is 1. The minimum Gasteiger partial charge on any atom is -0.368 e. The quantitative estimate of drug-likeness (QED) is 0.248. The second kappa shape index (κ2) is 8.02. The van der Waals surface area contributed by atoms with Crippen molar-refractivity contribution in [3.8, 4) is 12.1 Å². The van der Waals surface area contributed by atoms with Crippen LogP contribution in [0.25, 0.3) is 0 Å². The van der Waals surface area contributed by atoms with Crippen LogP contribution in [0.4, 0.5) is 0 Å². The van der Waals surface area contributed by atoms with Crippen molar-refractivity contribution in [3.63, 3.8) is 0 Å². The molecule has 0 aromatic carbocycles. The average Bonchev–Trinajstić information content (AvgIpc) is 2.56. The number of halogens is 1. The molecule has 4 nitrogen and oxygen atoms in total. The van der Waals surface area contributed by atoms with Gasteiger partial charge in [-0.05, 0) is 18.2 Å². The summed E-state index contributed by atoms with van der Waals surface area (Å²) in [6, 6.07) is 3.98. The van der Waals surface area contributed by atoms with Crippen LogP contribution in [0.1, 0.15) is 20.8 Å². The van der Waals surface area contributed by atoms with Crippen molar-refractivity contribution in [2.75, 3.05) is 0 Å². The predicted octanol–water partition coefficient (Wildman–Crippen LogP) is 2.57. The molecule has 1 N–H and O–H groups in total. The van der Waals surface area contributed by atoms with Crippen molar-refractivity contribution < 1.29 is 9.84 Å². The van der Waals surface area contributed by atoms with Crippen molar-refractivity contribution in [1.82, 2.24) is 0 Å². The van der Waals surface area contributed by atoms with Crippen molar-refractivity contribution in [2.24, 2.45) is 0 Å². The summed E-state index contributed by atoms with van der Waals surface area (Å²) in [6.45, 7) is 5.89. The molecule has 0 bridgehead atoms. The maximum atomic E-state index is 9.53. The van der Waals surface area contributed by atoms with Gasteiger partial charge >= 0.3 is 0 Å². The van der Waals surface area contributed by atoms with E-state index < -0.39 is 6.29 Å². The molecular formula is C13H19IN2O2P2. The summed E-state index contributed by atoms with van der Waals surface area (Å²) < 4.78 is 5.61. The number of aliphatic hydroxyl groups is 1. The maximum absolute atomic E-state index is 9.53. The monoisotopic (exact) mass is 424 g/mol. The van der Waals surface area contributed by atoms with Gasteiger partial charge in [-0.15, -0.1) is 17.8 Å². The van der Waals surface area contributed by atoms with Gasteiger partial charge in [0.2, 0.25) is 0 Å². The van der Waals surface area contributed by atoms with E-state index in [1.54, 1.807) is 6.92 Å². The molecule has 0 radical (unpaired) electrons. The number of nitrogens with zero attached hydrogens (tertiary/aromatic N) is 2. The molecule has 0 heterocycles. The second-order valence-electron chi connectivity index (χ2n) is 5.03. The van der Waals surface area contributed by atoms with Gasteiger partial charge in [-0.2, -0.15) is 10.5 Å². The molecule has 1 fully saturated rings. The molecule has 1 aliphatic rings. The Kier molecular flexibility index (Phi) is 7.33. The number of hydrogen-bond donors (Lipinski definition) is 1. The minimum atomic E-state index is -0.846. The first kappa shape index (κ1) is 18.3. The van der Waals surface area contributed by atoms with E-state index in [9.17, 15) is 5.11 Å². The molecule has 7 heteroatoms. The van der Waals surface area contributed by atoms with E-state index in [0.717, 1.165) is 5.57 Å². The van der Waals surface area contributed by atoms with Gasteiger partial charge in [-0.25, -0.2) is 0 Å². The lowest BCUT2D eigenvalue weighted by atomic mass is 10.1. The van der Waals surface area contributed by atoms with E-state index in [2.05, 4.69) is 45.7 Å². The Bertz CT molecular complexity index is 428. The first-order valence-corrected chi connectivity index (χ1v) is 9.43. The van der Waals surface area contributed by atoms with Gasteiger partial charge in [0.25, 0.3) is 0 Å². The summed E-state index contributed by atoms with van der Waals surface area (Å²) in [4.78, 5) is 0. The molecule has 110 valence electrons. The molecule has 1 rings (SSSR count). The van der Waals surface area contributed by atoms with Crippen molar-refractivity contribution >= 4 is 40.4 Å². The van der Waals surface area contributed by atoms with Crippen LogP contribution < -0.4 is 0 Å². The van der Waals surface area contributed by atoms with E-state index in [4.69, 9.17) is 15.3 Å². The molecule has 0 spiro atoms. The molecule has 0 amide bonds. The minimum absolute atomic E-state index is 0.0516. The third-order valence-corrected chi connectivity index (χ3v) is 7.36. The smallest absolute Gasteiger partial charge is 0.152 e. The molecule has 20 heavy (non-hydrogen) atoms. The van der Waals surface area contributed by atoms with E-state index >= 15 is 0 Å². The summed E-state index contributed by atoms with van der Waals surface area (Å²) >= 11 is 2.22. The largest absolute Gasteiger partial charge is 0.368 e. The van der Waals surface area contributed by atoms with Crippen LogP contribution in [0.3, 0.4) is 0 Å². The Balaban J connectivity index is 3.20. The van der Waals surface area contributed by atoms with Crippen molar-refractivity contribution in [3.05, 3.63) is 11.1 Å². The topological polar surface area (TPSA) is 77.0 Å². The highest BCUT2D eigenvalue weighted by atomic mass is 127. The van der Waals surface area contributed by atoms with E-state index in [1.165, 1.54) is 0 Å². The lowest BCUT2D eigenvalue weighted by molar-refractivity contribution is -0.116. The highest BCUT2D eigenvalue weighted by Crippen LogP contribution is 2.49. The van der Waals surface area contributed by atoms with Crippen LogP contribution in [0, 0.1) is 22.7 Å². The Labute approximate surface area is 138 Å². The zero-order chi connectivity index (χ0) is 15.4. The normalized spacial score (nSPS) is 31.6. The van der Waals surface area contributed by atoms with Gasteiger partial charge in [-0.1, -0.05) is 36.4 Å². The average molecular weight is 424 g/mol. The van der Waals surface area contributed by atoms with Gasteiger partial charge < -0.3 is 9.84 Å². The van der Waals surface area contributed by atoms with E-state index in [1.807, 2.05) is 12.1 Å². The van der Waals surface area contributed by atoms with E-state index in [0.29, 0.717) is 14.2 Å². The van der Waals surface area contributed by atoms with Crippen LogP contribution in [-0.4, -0.2) is 38.4 Å². The number of aliphatic hydroxyl groups excluding tert-OH is 1. The summed E-state index contributed by atoms with van der Waals surface area (Å²) in [5.74, 6) is 0. The van der Waals surface area contributed by atoms with Crippen LogP contribution >= 0.6 is 40.4 Å². The number of rotatable bonds is 4. The van der Waals surface area contributed by atoms with Crippen LogP contribution in [0.15, 0.2) is 11.1 Å². The summed E-state index contributed by atoms with van der Waals surface area (Å²) in [5, 5.41) is 27.8. The Morgan fingerprint density at radius 2 is 1.95 bits per heavy atom. The molecule has 0 aromatic rings. The van der Waals surface area contributed by atoms with Gasteiger partial charge in [0, 0.05) is 11.3 Å². The fraction of sp³-hybridized carbons (Fsp3) is 0.692. The van der Waals surface area contributed by atoms with Gasteiger partial charge in [0.1, 0.15) is 17.7 Å². The SMILES string of the molecule is CC(O)OC1C(I)C(=C(C#N)C#N)C(P)C1PC(C)C. The van der Waals surface area contributed by atoms with Crippen LogP contribution in [-0.2, 0) is 4.74 Å². The molecular weight excluding hydrogens is 405 g/mol. The summed E-state index contributed by atoms with van der Waals surface area (Å²) in [7, 11) is 3.41. The molecule has 7 unspecified atom stereocenters. The molecule has 0 aliphatic heterocycles. The van der Waals surface area contributed by atoms with Crippen molar-refractivity contribution in [1.29, 1.82) is 10.5 Å². The molecule has 0 saturated heterocycles. The summed E-state index contributed by atoms with van der Waals surface area (Å²) in [5.41, 5.74) is 1.79. The highest BCUT2D eigenvalue weighted by Gasteiger charge is 2.46. The number of allylic oxidation sites excluding steroid dienone is 1. The maximum Gasteiger partial charge on any atom is 0.152 e. The van der Waals surface area contributed by atoms with Crippen LogP contribution in [0.2, 0.25) is 0 Å². The standard InChI is InChI=1S/C13H19IN2O2P2/c1-6(2)20-13-11(18-7(3)17)10(14)9(12(13)19)8(4-15)5-16/h6-7,10-13,17,20H,19H2,1-3H3.